The molecule has 1 unspecified atom stereocenters. The summed E-state index contributed by atoms with van der Waals surface area (Å²) in [5.41, 5.74) is 2.85. The number of ether oxygens (including phenoxy) is 1. The fraction of sp³-hybridized carbons (Fsp3) is 0.440. The molecule has 3 heterocycles. The molecule has 0 aliphatic carbocycles. The monoisotopic (exact) mass is 453 g/mol. The third kappa shape index (κ3) is 5.39. The number of amides is 1. The molecule has 1 amide bonds. The first kappa shape index (κ1) is 24.4. The molecular formula is C25H31N3O5. The van der Waals surface area contributed by atoms with Crippen LogP contribution in [0.25, 0.3) is 11.1 Å². The highest BCUT2D eigenvalue weighted by Gasteiger charge is 2.51. The molecule has 2 saturated heterocycles. The number of benzene rings is 1. The predicted molar refractivity (Wildman–Crippen MR) is 124 cm³/mol. The maximum absolute atomic E-state index is 13.5. The van der Waals surface area contributed by atoms with Gasteiger partial charge in [-0.25, -0.2) is 0 Å². The average molecular weight is 454 g/mol. The zero-order chi connectivity index (χ0) is 24.0. The molecule has 33 heavy (non-hydrogen) atoms. The molecule has 8 heteroatoms. The number of esters is 1. The molecule has 1 N–H and O–H groups in total. The van der Waals surface area contributed by atoms with E-state index in [1.54, 1.807) is 6.20 Å². The van der Waals surface area contributed by atoms with Crippen molar-refractivity contribution in [3.05, 3.63) is 53.9 Å². The molecule has 8 nitrogen and oxygen atoms in total. The van der Waals surface area contributed by atoms with E-state index in [1.165, 1.54) is 0 Å². The van der Waals surface area contributed by atoms with Crippen molar-refractivity contribution in [2.24, 2.45) is 5.41 Å². The lowest BCUT2D eigenvalue weighted by Gasteiger charge is -2.37. The van der Waals surface area contributed by atoms with E-state index >= 15 is 0 Å². The van der Waals surface area contributed by atoms with Crippen LogP contribution in [-0.4, -0.2) is 78.1 Å². The lowest BCUT2D eigenvalue weighted by Crippen LogP contribution is -2.45. The number of piperidine rings is 1. The van der Waals surface area contributed by atoms with Gasteiger partial charge in [0, 0.05) is 32.3 Å². The molecule has 1 aromatic heterocycles. The topological polar surface area (TPSA) is 100 Å². The Morgan fingerprint density at radius 1 is 1.24 bits per heavy atom. The van der Waals surface area contributed by atoms with Crippen molar-refractivity contribution in [3.63, 3.8) is 0 Å². The van der Waals surface area contributed by atoms with Gasteiger partial charge < -0.3 is 19.6 Å². The third-order valence-corrected chi connectivity index (χ3v) is 6.34. The van der Waals surface area contributed by atoms with Crippen LogP contribution in [0, 0.1) is 12.3 Å². The zero-order valence-corrected chi connectivity index (χ0v) is 19.4. The Bertz CT molecular complexity index is 985. The van der Waals surface area contributed by atoms with E-state index in [-0.39, 0.29) is 24.5 Å². The summed E-state index contributed by atoms with van der Waals surface area (Å²) in [7, 11) is 3.97. The van der Waals surface area contributed by atoms with Gasteiger partial charge >= 0.3 is 5.97 Å². The molecule has 1 spiro atoms. The van der Waals surface area contributed by atoms with Crippen molar-refractivity contribution in [1.82, 2.24) is 14.8 Å². The number of hydrogen-bond donors (Lipinski definition) is 1. The van der Waals surface area contributed by atoms with E-state index in [2.05, 4.69) is 4.98 Å². The average Bonchev–Trinajstić information content (AvgIpc) is 3.08. The van der Waals surface area contributed by atoms with Crippen molar-refractivity contribution in [2.45, 2.75) is 32.3 Å². The number of aromatic nitrogens is 1. The summed E-state index contributed by atoms with van der Waals surface area (Å²) in [6, 6.07) is 11.8. The van der Waals surface area contributed by atoms with Gasteiger partial charge in [-0.05, 0) is 51.1 Å². The number of rotatable bonds is 4. The van der Waals surface area contributed by atoms with Crippen LogP contribution in [0.1, 0.15) is 35.3 Å². The zero-order valence-electron chi connectivity index (χ0n) is 19.4. The predicted octanol–water partition coefficient (Wildman–Crippen LogP) is 2.86. The van der Waals surface area contributed by atoms with E-state index in [9.17, 15) is 9.59 Å². The molecule has 2 aliphatic heterocycles. The molecule has 0 saturated carbocycles. The normalized spacial score (nSPS) is 19.1. The Labute approximate surface area is 194 Å². The van der Waals surface area contributed by atoms with E-state index in [4.69, 9.17) is 14.6 Å². The quantitative estimate of drug-likeness (QED) is 0.561. The molecule has 2 fully saturated rings. The van der Waals surface area contributed by atoms with Crippen LogP contribution in [0.5, 0.6) is 0 Å². The molecule has 4 rings (SSSR count). The maximum Gasteiger partial charge on any atom is 0.312 e. The number of cyclic esters (lactones) is 1. The van der Waals surface area contributed by atoms with Crippen LogP contribution in [0.2, 0.25) is 0 Å². The van der Waals surface area contributed by atoms with E-state index in [1.807, 2.05) is 67.2 Å². The van der Waals surface area contributed by atoms with Gasteiger partial charge in [0.05, 0.1) is 16.7 Å². The van der Waals surface area contributed by atoms with Crippen LogP contribution in [0.15, 0.2) is 42.6 Å². The number of hydrogen-bond acceptors (Lipinski definition) is 6. The molecule has 0 bridgehead atoms. The molecule has 176 valence electrons. The van der Waals surface area contributed by atoms with Crippen LogP contribution < -0.4 is 0 Å². The number of aryl methyl sites for hydroxylation is 1. The fourth-order valence-corrected chi connectivity index (χ4v) is 4.75. The van der Waals surface area contributed by atoms with Crippen LogP contribution in [0.3, 0.4) is 0 Å². The van der Waals surface area contributed by atoms with Crippen LogP contribution >= 0.6 is 0 Å². The molecule has 2 aromatic rings. The van der Waals surface area contributed by atoms with Gasteiger partial charge in [0.15, 0.2) is 0 Å². The first-order valence-corrected chi connectivity index (χ1v) is 11.1. The number of pyridine rings is 1. The summed E-state index contributed by atoms with van der Waals surface area (Å²) in [4.78, 5) is 42.8. The summed E-state index contributed by atoms with van der Waals surface area (Å²) >= 11 is 0. The maximum atomic E-state index is 13.5. The Balaban J connectivity index is 0.000000968. The minimum absolute atomic E-state index is 0.00879. The summed E-state index contributed by atoms with van der Waals surface area (Å²) in [6.07, 6.45) is 3.75. The van der Waals surface area contributed by atoms with Crippen molar-refractivity contribution < 1.29 is 24.2 Å². The van der Waals surface area contributed by atoms with Crippen LogP contribution in [0.4, 0.5) is 0 Å². The van der Waals surface area contributed by atoms with Gasteiger partial charge in [0.2, 0.25) is 0 Å². The minimum atomic E-state index is -0.441. The molecule has 1 aromatic carbocycles. The van der Waals surface area contributed by atoms with E-state index < -0.39 is 5.41 Å². The fourth-order valence-electron chi connectivity index (χ4n) is 4.75. The second kappa shape index (κ2) is 10.6. The van der Waals surface area contributed by atoms with Gasteiger partial charge in [0.1, 0.15) is 6.10 Å². The highest BCUT2D eigenvalue weighted by atomic mass is 16.6. The second-order valence-electron chi connectivity index (χ2n) is 8.86. The van der Waals surface area contributed by atoms with Gasteiger partial charge in [-0.1, -0.05) is 30.3 Å². The SMILES string of the molecule is Cc1nccc(-c2ccccc2)c1C(=O)N1CCC2(CC1)CC(CN(C)C)OC2=O.O=CO. The van der Waals surface area contributed by atoms with Gasteiger partial charge in [0.25, 0.3) is 12.4 Å². The molecular weight excluding hydrogens is 422 g/mol. The Hall–Kier alpha value is -3.26. The number of likely N-dealkylation sites (tertiary alicyclic amines) is 1. The highest BCUT2D eigenvalue weighted by molar-refractivity contribution is 6.02. The highest BCUT2D eigenvalue weighted by Crippen LogP contribution is 2.43. The van der Waals surface area contributed by atoms with Crippen molar-refractivity contribution >= 4 is 18.3 Å². The van der Waals surface area contributed by atoms with Crippen LogP contribution in [-0.2, 0) is 14.3 Å². The lowest BCUT2D eigenvalue weighted by molar-refractivity contribution is -0.150. The third-order valence-electron chi connectivity index (χ3n) is 6.34. The number of carboxylic acid groups (broad SMARTS) is 1. The van der Waals surface area contributed by atoms with Gasteiger partial charge in [-0.15, -0.1) is 0 Å². The minimum Gasteiger partial charge on any atom is -0.483 e. The van der Waals surface area contributed by atoms with E-state index in [0.717, 1.165) is 29.8 Å². The summed E-state index contributed by atoms with van der Waals surface area (Å²) < 4.78 is 5.65. The second-order valence-corrected chi connectivity index (χ2v) is 8.86. The van der Waals surface area contributed by atoms with E-state index in [0.29, 0.717) is 31.5 Å². The number of carbonyl (C=O) groups excluding carboxylic acids is 2. The number of likely N-dealkylation sites (N-methyl/N-ethyl adjacent to an activating group) is 1. The largest absolute Gasteiger partial charge is 0.483 e. The summed E-state index contributed by atoms with van der Waals surface area (Å²) in [6.45, 7) is 3.49. The Morgan fingerprint density at radius 3 is 2.48 bits per heavy atom. The van der Waals surface area contributed by atoms with Crippen molar-refractivity contribution in [1.29, 1.82) is 0 Å². The molecule has 1 atom stereocenters. The Morgan fingerprint density at radius 2 is 1.88 bits per heavy atom. The standard InChI is InChI=1S/C24H29N3O3.CH2O2/c1-17-21(20(9-12-25-17)18-7-5-4-6-8-18)22(28)27-13-10-24(11-14-27)15-19(16-26(2)3)30-23(24)29;2-1-3/h4-9,12,19H,10-11,13-16H2,1-3H3;1H,(H,2,3). The first-order valence-electron chi connectivity index (χ1n) is 11.1. The van der Waals surface area contributed by atoms with Gasteiger partial charge in [-0.3, -0.25) is 19.4 Å². The molecule has 0 radical (unpaired) electrons. The van der Waals surface area contributed by atoms with Gasteiger partial charge in [-0.2, -0.15) is 0 Å². The lowest BCUT2D eigenvalue weighted by atomic mass is 9.76. The first-order chi connectivity index (χ1) is 15.8. The number of carbonyl (C=O) groups is 3. The Kier molecular flexibility index (Phi) is 7.81. The molecule has 2 aliphatic rings. The van der Waals surface area contributed by atoms with Crippen molar-refractivity contribution in [3.8, 4) is 11.1 Å². The number of nitrogens with zero attached hydrogens (tertiary/aromatic N) is 3. The summed E-state index contributed by atoms with van der Waals surface area (Å²) in [5.74, 6) is -0.102. The van der Waals surface area contributed by atoms with Crippen molar-refractivity contribution in [2.75, 3.05) is 33.7 Å². The smallest absolute Gasteiger partial charge is 0.312 e. The summed E-state index contributed by atoms with van der Waals surface area (Å²) in [5, 5.41) is 6.89.